The first-order valence-corrected chi connectivity index (χ1v) is 7.48. The summed E-state index contributed by atoms with van der Waals surface area (Å²) in [5.74, 6) is 1.45. The van der Waals surface area contributed by atoms with E-state index in [0.717, 1.165) is 37.0 Å². The fourth-order valence-corrected chi connectivity index (χ4v) is 2.05. The highest BCUT2D eigenvalue weighted by Crippen LogP contribution is 2.19. The zero-order valence-electron chi connectivity index (χ0n) is 12.4. The zero-order chi connectivity index (χ0) is 14.9. The molecular weight excluding hydrogens is 264 g/mol. The molecule has 1 N–H and O–H groups in total. The largest absolute Gasteiger partial charge is 0.491 e. The van der Waals surface area contributed by atoms with Gasteiger partial charge in [0.15, 0.2) is 5.82 Å². The van der Waals surface area contributed by atoms with E-state index in [4.69, 9.17) is 4.74 Å². The maximum absolute atomic E-state index is 9.82. The third-order valence-corrected chi connectivity index (χ3v) is 3.26. The van der Waals surface area contributed by atoms with Gasteiger partial charge in [0.2, 0.25) is 0 Å². The number of nitrogens with zero attached hydrogens (tertiary/aromatic N) is 2. The number of benzene rings is 1. The Morgan fingerprint density at radius 2 is 1.81 bits per heavy atom. The predicted octanol–water partition coefficient (Wildman–Crippen LogP) is 3.46. The lowest BCUT2D eigenvalue weighted by molar-refractivity contribution is 0.0976. The summed E-state index contributed by atoms with van der Waals surface area (Å²) < 4.78 is 5.60. The van der Waals surface area contributed by atoms with Crippen LogP contribution in [-0.4, -0.2) is 27.8 Å². The van der Waals surface area contributed by atoms with Gasteiger partial charge in [-0.3, -0.25) is 0 Å². The minimum absolute atomic E-state index is 0.338. The van der Waals surface area contributed by atoms with E-state index < -0.39 is 6.10 Å². The van der Waals surface area contributed by atoms with Gasteiger partial charge in [0.1, 0.15) is 12.4 Å². The molecular formula is C17H22N2O2. The standard InChI is InChI=1S/C17H22N2O2/c1-2-3-4-6-15(20)13-21-16-9-7-14(8-10-16)17-18-11-5-12-19-17/h5,7-12,15,20H,2-4,6,13H2,1H3. The van der Waals surface area contributed by atoms with Crippen LogP contribution < -0.4 is 4.74 Å². The maximum Gasteiger partial charge on any atom is 0.159 e. The van der Waals surface area contributed by atoms with Gasteiger partial charge in [-0.05, 0) is 36.8 Å². The van der Waals surface area contributed by atoms with Gasteiger partial charge >= 0.3 is 0 Å². The number of hydrogen-bond acceptors (Lipinski definition) is 4. The predicted molar refractivity (Wildman–Crippen MR) is 83.1 cm³/mol. The number of rotatable bonds is 8. The number of ether oxygens (including phenoxy) is 1. The summed E-state index contributed by atoms with van der Waals surface area (Å²) in [6.07, 6.45) is 7.21. The van der Waals surface area contributed by atoms with E-state index >= 15 is 0 Å². The summed E-state index contributed by atoms with van der Waals surface area (Å²) in [6.45, 7) is 2.49. The van der Waals surface area contributed by atoms with Crippen LogP contribution in [-0.2, 0) is 0 Å². The highest BCUT2D eigenvalue weighted by molar-refractivity contribution is 5.55. The highest BCUT2D eigenvalue weighted by atomic mass is 16.5. The van der Waals surface area contributed by atoms with Crippen molar-refractivity contribution in [2.24, 2.45) is 0 Å². The Bertz CT molecular complexity index is 514. The fourth-order valence-electron chi connectivity index (χ4n) is 2.05. The van der Waals surface area contributed by atoms with E-state index in [2.05, 4.69) is 16.9 Å². The summed E-state index contributed by atoms with van der Waals surface area (Å²) >= 11 is 0. The molecule has 0 spiro atoms. The Hall–Kier alpha value is -1.94. The van der Waals surface area contributed by atoms with Crippen molar-refractivity contribution in [2.45, 2.75) is 38.7 Å². The first-order chi connectivity index (χ1) is 10.3. The van der Waals surface area contributed by atoms with Crippen LogP contribution in [0, 0.1) is 0 Å². The van der Waals surface area contributed by atoms with Crippen LogP contribution in [0.4, 0.5) is 0 Å². The van der Waals surface area contributed by atoms with Gasteiger partial charge in [0, 0.05) is 18.0 Å². The van der Waals surface area contributed by atoms with E-state index in [-0.39, 0.29) is 0 Å². The van der Waals surface area contributed by atoms with Gasteiger partial charge in [-0.25, -0.2) is 9.97 Å². The summed E-state index contributed by atoms with van der Waals surface area (Å²) in [6, 6.07) is 9.40. The summed E-state index contributed by atoms with van der Waals surface area (Å²) in [5, 5.41) is 9.82. The Morgan fingerprint density at radius 1 is 1.10 bits per heavy atom. The molecule has 2 rings (SSSR count). The topological polar surface area (TPSA) is 55.2 Å². The van der Waals surface area contributed by atoms with Crippen LogP contribution in [0.1, 0.15) is 32.6 Å². The van der Waals surface area contributed by atoms with Crippen molar-refractivity contribution in [2.75, 3.05) is 6.61 Å². The second-order valence-electron chi connectivity index (χ2n) is 5.06. The van der Waals surface area contributed by atoms with Gasteiger partial charge in [-0.15, -0.1) is 0 Å². The number of aliphatic hydroxyl groups is 1. The lowest BCUT2D eigenvalue weighted by Gasteiger charge is -2.12. The molecule has 0 bridgehead atoms. The molecule has 1 aromatic heterocycles. The normalized spacial score (nSPS) is 12.1. The number of hydrogen-bond donors (Lipinski definition) is 1. The first kappa shape index (κ1) is 15.4. The molecule has 21 heavy (non-hydrogen) atoms. The van der Waals surface area contributed by atoms with Crippen LogP contribution in [0.25, 0.3) is 11.4 Å². The van der Waals surface area contributed by atoms with E-state index in [1.165, 1.54) is 0 Å². The van der Waals surface area contributed by atoms with Crippen LogP contribution in [0.3, 0.4) is 0 Å². The van der Waals surface area contributed by atoms with Gasteiger partial charge < -0.3 is 9.84 Å². The minimum Gasteiger partial charge on any atom is -0.491 e. The number of unbranched alkanes of at least 4 members (excludes halogenated alkanes) is 2. The lowest BCUT2D eigenvalue weighted by Crippen LogP contribution is -2.17. The van der Waals surface area contributed by atoms with E-state index in [0.29, 0.717) is 12.4 Å². The SMILES string of the molecule is CCCCCC(O)COc1ccc(-c2ncccn2)cc1. The van der Waals surface area contributed by atoms with Crippen LogP contribution in [0.15, 0.2) is 42.7 Å². The second-order valence-corrected chi connectivity index (χ2v) is 5.06. The van der Waals surface area contributed by atoms with Gasteiger partial charge in [0.25, 0.3) is 0 Å². The van der Waals surface area contributed by atoms with Crippen molar-refractivity contribution in [1.29, 1.82) is 0 Å². The molecule has 1 unspecified atom stereocenters. The molecule has 0 radical (unpaired) electrons. The zero-order valence-corrected chi connectivity index (χ0v) is 12.4. The third kappa shape index (κ3) is 5.16. The average molecular weight is 286 g/mol. The molecule has 0 amide bonds. The Kier molecular flexibility index (Phi) is 6.16. The van der Waals surface area contributed by atoms with Crippen molar-refractivity contribution < 1.29 is 9.84 Å². The summed E-state index contributed by atoms with van der Waals surface area (Å²) in [5.41, 5.74) is 0.950. The van der Waals surface area contributed by atoms with Crippen LogP contribution >= 0.6 is 0 Å². The molecule has 0 aliphatic rings. The van der Waals surface area contributed by atoms with Gasteiger partial charge in [0.05, 0.1) is 6.10 Å². The monoisotopic (exact) mass is 286 g/mol. The lowest BCUT2D eigenvalue weighted by atomic mass is 10.1. The third-order valence-electron chi connectivity index (χ3n) is 3.26. The summed E-state index contributed by atoms with van der Waals surface area (Å²) in [4.78, 5) is 8.41. The van der Waals surface area contributed by atoms with Crippen LogP contribution in [0.2, 0.25) is 0 Å². The van der Waals surface area contributed by atoms with E-state index in [9.17, 15) is 5.11 Å². The Morgan fingerprint density at radius 3 is 2.48 bits per heavy atom. The quantitative estimate of drug-likeness (QED) is 0.755. The highest BCUT2D eigenvalue weighted by Gasteiger charge is 2.05. The molecule has 0 saturated heterocycles. The van der Waals surface area contributed by atoms with Crippen molar-refractivity contribution in [1.82, 2.24) is 9.97 Å². The molecule has 0 fully saturated rings. The van der Waals surface area contributed by atoms with Crippen molar-refractivity contribution >= 4 is 0 Å². The molecule has 0 aliphatic carbocycles. The smallest absolute Gasteiger partial charge is 0.159 e. The molecule has 1 heterocycles. The number of aliphatic hydroxyl groups excluding tert-OH is 1. The van der Waals surface area contributed by atoms with E-state index in [1.54, 1.807) is 18.5 Å². The summed E-state index contributed by atoms with van der Waals surface area (Å²) in [7, 11) is 0. The average Bonchev–Trinajstić information content (AvgIpc) is 2.54. The molecule has 4 nitrogen and oxygen atoms in total. The molecule has 0 saturated carbocycles. The molecule has 1 aromatic carbocycles. The fraction of sp³-hybridized carbons (Fsp3) is 0.412. The van der Waals surface area contributed by atoms with Gasteiger partial charge in [-0.2, -0.15) is 0 Å². The second kappa shape index (κ2) is 8.37. The van der Waals surface area contributed by atoms with Crippen molar-refractivity contribution in [3.8, 4) is 17.1 Å². The number of aromatic nitrogens is 2. The van der Waals surface area contributed by atoms with Crippen molar-refractivity contribution in [3.05, 3.63) is 42.7 Å². The Labute approximate surface area is 125 Å². The van der Waals surface area contributed by atoms with Crippen LogP contribution in [0.5, 0.6) is 5.75 Å². The minimum atomic E-state index is -0.395. The molecule has 1 atom stereocenters. The first-order valence-electron chi connectivity index (χ1n) is 7.48. The molecule has 112 valence electrons. The van der Waals surface area contributed by atoms with Crippen molar-refractivity contribution in [3.63, 3.8) is 0 Å². The molecule has 4 heteroatoms. The van der Waals surface area contributed by atoms with Gasteiger partial charge in [-0.1, -0.05) is 26.2 Å². The van der Waals surface area contributed by atoms with E-state index in [1.807, 2.05) is 24.3 Å². The maximum atomic E-state index is 9.82. The Balaban J connectivity index is 1.83. The molecule has 2 aromatic rings. The molecule has 0 aliphatic heterocycles.